The summed E-state index contributed by atoms with van der Waals surface area (Å²) < 4.78 is 23.9. The number of hydrogen-bond donors (Lipinski definition) is 2. The Hall–Kier alpha value is -1.49. The van der Waals surface area contributed by atoms with Crippen LogP contribution in [0.4, 0.5) is 4.39 Å². The average Bonchev–Trinajstić information content (AvgIpc) is 2.26. The number of fused-ring (bicyclic) bond motifs is 1. The van der Waals surface area contributed by atoms with Crippen LogP contribution in [0.25, 0.3) is 0 Å². The fourth-order valence-electron chi connectivity index (χ4n) is 1.53. The Kier molecular flexibility index (Phi) is 2.64. The summed E-state index contributed by atoms with van der Waals surface area (Å²) in [6.45, 7) is 1.02. The highest BCUT2D eigenvalue weighted by atomic mass is 19.1. The van der Waals surface area contributed by atoms with Crippen LogP contribution in [-0.4, -0.2) is 24.9 Å². The van der Waals surface area contributed by atoms with E-state index in [1.54, 1.807) is 6.07 Å². The van der Waals surface area contributed by atoms with Gasteiger partial charge in [-0.2, -0.15) is 4.39 Å². The van der Waals surface area contributed by atoms with Crippen molar-refractivity contribution in [3.8, 4) is 17.2 Å². The Morgan fingerprint density at radius 3 is 2.87 bits per heavy atom. The number of hydrogen-bond acceptors (Lipinski definition) is 4. The van der Waals surface area contributed by atoms with E-state index in [-0.39, 0.29) is 5.75 Å². The van der Waals surface area contributed by atoms with Crippen LogP contribution >= 0.6 is 0 Å². The molecular formula is C10H12FNO3. The molecule has 5 heteroatoms. The molecule has 1 aromatic rings. The Morgan fingerprint density at radius 1 is 1.40 bits per heavy atom. The third-order valence-electron chi connectivity index (χ3n) is 2.24. The minimum atomic E-state index is -0.768. The molecule has 0 saturated heterocycles. The summed E-state index contributed by atoms with van der Waals surface area (Å²) in [6.07, 6.45) is 0.402. The van der Waals surface area contributed by atoms with Crippen LogP contribution in [0.5, 0.6) is 17.2 Å². The van der Waals surface area contributed by atoms with Gasteiger partial charge in [-0.15, -0.1) is 0 Å². The highest BCUT2D eigenvalue weighted by Crippen LogP contribution is 2.40. The molecular weight excluding hydrogens is 201 g/mol. The summed E-state index contributed by atoms with van der Waals surface area (Å²) in [6, 6.07) is 1.57. The lowest BCUT2D eigenvalue weighted by atomic mass is 10.1. The standard InChI is InChI=1S/C10H12FNO3/c11-8-9(13)6(1-2-12)5-7-10(8)15-4-3-14-7/h5,13H,1-4,12H2. The zero-order chi connectivity index (χ0) is 10.8. The van der Waals surface area contributed by atoms with Crippen molar-refractivity contribution in [2.24, 2.45) is 5.73 Å². The van der Waals surface area contributed by atoms with E-state index in [4.69, 9.17) is 15.2 Å². The predicted molar refractivity (Wildman–Crippen MR) is 51.8 cm³/mol. The molecule has 0 fully saturated rings. The molecule has 1 aliphatic heterocycles. The highest BCUT2D eigenvalue weighted by Gasteiger charge is 2.22. The lowest BCUT2D eigenvalue weighted by molar-refractivity contribution is 0.162. The van der Waals surface area contributed by atoms with Crippen LogP contribution < -0.4 is 15.2 Å². The molecule has 0 unspecified atom stereocenters. The molecule has 15 heavy (non-hydrogen) atoms. The van der Waals surface area contributed by atoms with Crippen molar-refractivity contribution in [1.82, 2.24) is 0 Å². The van der Waals surface area contributed by atoms with Crippen LogP contribution in [0.1, 0.15) is 5.56 Å². The molecule has 1 aliphatic rings. The van der Waals surface area contributed by atoms with Gasteiger partial charge in [-0.1, -0.05) is 0 Å². The molecule has 0 amide bonds. The van der Waals surface area contributed by atoms with E-state index >= 15 is 0 Å². The van der Waals surface area contributed by atoms with Gasteiger partial charge < -0.3 is 20.3 Å². The van der Waals surface area contributed by atoms with Gasteiger partial charge in [0.15, 0.2) is 11.5 Å². The van der Waals surface area contributed by atoms with E-state index in [1.807, 2.05) is 0 Å². The fourth-order valence-corrected chi connectivity index (χ4v) is 1.53. The van der Waals surface area contributed by atoms with Gasteiger partial charge in [0.1, 0.15) is 13.2 Å². The van der Waals surface area contributed by atoms with Gasteiger partial charge >= 0.3 is 0 Å². The van der Waals surface area contributed by atoms with Crippen molar-refractivity contribution in [1.29, 1.82) is 0 Å². The minimum absolute atomic E-state index is 0.0143. The zero-order valence-corrected chi connectivity index (χ0v) is 8.12. The quantitative estimate of drug-likeness (QED) is 0.762. The number of halogens is 1. The lowest BCUT2D eigenvalue weighted by Gasteiger charge is -2.20. The van der Waals surface area contributed by atoms with E-state index in [0.29, 0.717) is 37.5 Å². The second kappa shape index (κ2) is 3.94. The average molecular weight is 213 g/mol. The van der Waals surface area contributed by atoms with Crippen molar-refractivity contribution < 1.29 is 19.0 Å². The Morgan fingerprint density at radius 2 is 2.13 bits per heavy atom. The van der Waals surface area contributed by atoms with Crippen molar-refractivity contribution in [2.45, 2.75) is 6.42 Å². The maximum atomic E-state index is 13.6. The summed E-state index contributed by atoms with van der Waals surface area (Å²) in [5.74, 6) is -0.847. The number of aromatic hydroxyl groups is 1. The predicted octanol–water partition coefficient (Wildman–Crippen LogP) is 0.804. The van der Waals surface area contributed by atoms with Crippen LogP contribution in [0.3, 0.4) is 0 Å². The first-order valence-corrected chi connectivity index (χ1v) is 4.74. The van der Waals surface area contributed by atoms with Gasteiger partial charge in [-0.25, -0.2) is 0 Å². The largest absolute Gasteiger partial charge is 0.505 e. The SMILES string of the molecule is NCCc1cc2c(c(F)c1O)OCCO2. The summed E-state index contributed by atoms with van der Waals surface area (Å²) >= 11 is 0. The molecule has 0 spiro atoms. The Bertz CT molecular complexity index is 381. The van der Waals surface area contributed by atoms with E-state index in [9.17, 15) is 9.50 Å². The van der Waals surface area contributed by atoms with Gasteiger partial charge in [0.25, 0.3) is 0 Å². The Balaban J connectivity index is 2.47. The lowest BCUT2D eigenvalue weighted by Crippen LogP contribution is -2.17. The molecule has 0 aliphatic carbocycles. The summed E-state index contributed by atoms with van der Waals surface area (Å²) in [4.78, 5) is 0. The van der Waals surface area contributed by atoms with E-state index in [2.05, 4.69) is 0 Å². The van der Waals surface area contributed by atoms with Crippen molar-refractivity contribution in [3.63, 3.8) is 0 Å². The summed E-state index contributed by atoms with van der Waals surface area (Å²) in [7, 11) is 0. The van der Waals surface area contributed by atoms with Crippen LogP contribution in [0, 0.1) is 5.82 Å². The number of phenolic OH excluding ortho intramolecular Hbond substituents is 1. The van der Waals surface area contributed by atoms with Crippen molar-refractivity contribution in [3.05, 3.63) is 17.4 Å². The molecule has 1 heterocycles. The molecule has 2 rings (SSSR count). The normalized spacial score (nSPS) is 14.0. The van der Waals surface area contributed by atoms with Crippen LogP contribution in [0.15, 0.2) is 6.07 Å². The third-order valence-corrected chi connectivity index (χ3v) is 2.24. The molecule has 4 nitrogen and oxygen atoms in total. The van der Waals surface area contributed by atoms with E-state index in [0.717, 1.165) is 0 Å². The van der Waals surface area contributed by atoms with Gasteiger partial charge in [-0.05, 0) is 19.0 Å². The van der Waals surface area contributed by atoms with Crippen molar-refractivity contribution in [2.75, 3.05) is 19.8 Å². The molecule has 0 atom stereocenters. The maximum Gasteiger partial charge on any atom is 0.210 e. The van der Waals surface area contributed by atoms with E-state index in [1.165, 1.54) is 0 Å². The number of phenols is 1. The fraction of sp³-hybridized carbons (Fsp3) is 0.400. The number of benzene rings is 1. The summed E-state index contributed by atoms with van der Waals surface area (Å²) in [5, 5.41) is 9.52. The first-order valence-electron chi connectivity index (χ1n) is 4.74. The van der Waals surface area contributed by atoms with Crippen molar-refractivity contribution >= 4 is 0 Å². The Labute approximate surface area is 86.4 Å². The molecule has 82 valence electrons. The maximum absolute atomic E-state index is 13.6. The van der Waals surface area contributed by atoms with Crippen LogP contribution in [-0.2, 0) is 6.42 Å². The number of nitrogens with two attached hydrogens (primary N) is 1. The number of ether oxygens (including phenoxy) is 2. The smallest absolute Gasteiger partial charge is 0.210 e. The topological polar surface area (TPSA) is 64.7 Å². The first-order chi connectivity index (χ1) is 7.24. The molecule has 3 N–H and O–H groups in total. The number of rotatable bonds is 2. The highest BCUT2D eigenvalue weighted by molar-refractivity contribution is 5.52. The molecule has 0 saturated carbocycles. The monoisotopic (exact) mass is 213 g/mol. The van der Waals surface area contributed by atoms with Crippen LogP contribution in [0.2, 0.25) is 0 Å². The summed E-state index contributed by atoms with van der Waals surface area (Å²) in [5.41, 5.74) is 5.79. The van der Waals surface area contributed by atoms with Gasteiger partial charge in [0.05, 0.1) is 0 Å². The minimum Gasteiger partial charge on any atom is -0.505 e. The van der Waals surface area contributed by atoms with Gasteiger partial charge in [-0.3, -0.25) is 0 Å². The molecule has 0 radical (unpaired) electrons. The van der Waals surface area contributed by atoms with Gasteiger partial charge in [0, 0.05) is 5.56 Å². The zero-order valence-electron chi connectivity index (χ0n) is 8.12. The first kappa shape index (κ1) is 10.0. The van der Waals surface area contributed by atoms with E-state index < -0.39 is 11.6 Å². The van der Waals surface area contributed by atoms with Gasteiger partial charge in [0.2, 0.25) is 11.6 Å². The molecule has 1 aromatic carbocycles. The third kappa shape index (κ3) is 1.70. The second-order valence-corrected chi connectivity index (χ2v) is 3.26. The second-order valence-electron chi connectivity index (χ2n) is 3.26. The molecule has 0 bridgehead atoms. The molecule has 0 aromatic heterocycles.